The number of carboxylic acid groups (broad SMARTS) is 1. The molecule has 0 amide bonds. The third kappa shape index (κ3) is 4.64. The first-order valence-corrected chi connectivity index (χ1v) is 6.53. The van der Waals surface area contributed by atoms with Crippen LogP contribution in [0.5, 0.6) is 0 Å². The first-order chi connectivity index (χ1) is 8.55. The average molecular weight is 260 g/mol. The van der Waals surface area contributed by atoms with Gasteiger partial charge in [-0.05, 0) is 26.2 Å². The van der Waals surface area contributed by atoms with Gasteiger partial charge >= 0.3 is 11.9 Å². The van der Waals surface area contributed by atoms with Gasteiger partial charge in [0.05, 0.1) is 6.61 Å². The Kier molecular flexibility index (Phi) is 8.37. The van der Waals surface area contributed by atoms with Crippen LogP contribution in [0.25, 0.3) is 0 Å². The zero-order chi connectivity index (χ0) is 14.0. The highest BCUT2D eigenvalue weighted by atomic mass is 16.5. The Labute approximate surface area is 108 Å². The lowest BCUT2D eigenvalue weighted by Gasteiger charge is -2.26. The molecule has 0 saturated heterocycles. The van der Waals surface area contributed by atoms with Crippen molar-refractivity contribution in [3.05, 3.63) is 0 Å². The van der Waals surface area contributed by atoms with E-state index in [0.29, 0.717) is 13.0 Å². The zero-order valence-electron chi connectivity index (χ0n) is 11.5. The van der Waals surface area contributed by atoms with Crippen LogP contribution >= 0.6 is 0 Å². The molecule has 0 aromatic heterocycles. The summed E-state index contributed by atoms with van der Waals surface area (Å²) in [5.74, 6) is -1.78. The van der Waals surface area contributed by atoms with E-state index in [-0.39, 0.29) is 26.1 Å². The zero-order valence-corrected chi connectivity index (χ0v) is 11.5. The monoisotopic (exact) mass is 260 g/mol. The summed E-state index contributed by atoms with van der Waals surface area (Å²) < 4.78 is 10.2. The first kappa shape index (κ1) is 16.9. The van der Waals surface area contributed by atoms with E-state index in [1.165, 1.54) is 0 Å². The topological polar surface area (TPSA) is 72.8 Å². The normalized spacial score (nSPS) is 13.9. The molecule has 5 nitrogen and oxygen atoms in total. The van der Waals surface area contributed by atoms with Gasteiger partial charge in [0.1, 0.15) is 0 Å². The van der Waals surface area contributed by atoms with E-state index in [0.717, 1.165) is 6.42 Å². The van der Waals surface area contributed by atoms with Crippen molar-refractivity contribution >= 4 is 11.9 Å². The second-order valence-electron chi connectivity index (χ2n) is 4.22. The molecule has 5 heteroatoms. The number of carboxylic acids is 1. The van der Waals surface area contributed by atoms with E-state index in [4.69, 9.17) is 9.47 Å². The predicted octanol–water partition coefficient (Wildman–Crippen LogP) is 2.24. The quantitative estimate of drug-likeness (QED) is 0.370. The van der Waals surface area contributed by atoms with E-state index in [1.54, 1.807) is 6.92 Å². The number of rotatable bonds is 10. The summed E-state index contributed by atoms with van der Waals surface area (Å²) in [6, 6.07) is 0. The van der Waals surface area contributed by atoms with Crippen LogP contribution in [-0.4, -0.2) is 36.9 Å². The minimum atomic E-state index is -1.46. The predicted molar refractivity (Wildman–Crippen MR) is 67.3 cm³/mol. The number of ether oxygens (including phenoxy) is 2. The van der Waals surface area contributed by atoms with Gasteiger partial charge in [-0.3, -0.25) is 9.59 Å². The maximum absolute atomic E-state index is 11.9. The molecule has 0 aliphatic heterocycles. The lowest BCUT2D eigenvalue weighted by atomic mass is 9.80. The summed E-state index contributed by atoms with van der Waals surface area (Å²) in [7, 11) is 0. The Hall–Kier alpha value is -1.10. The molecular formula is C13H24O5. The molecule has 18 heavy (non-hydrogen) atoms. The third-order valence-electron chi connectivity index (χ3n) is 2.77. The maximum atomic E-state index is 11.9. The molecule has 0 aromatic carbocycles. The number of aliphatic carboxylic acids is 1. The van der Waals surface area contributed by atoms with Gasteiger partial charge in [0.2, 0.25) is 0 Å². The molecule has 0 spiro atoms. The van der Waals surface area contributed by atoms with Crippen LogP contribution in [0.3, 0.4) is 0 Å². The standard InChI is InChI=1S/C13H24O5/c1-4-7-13(11(14)15,12(16)18-6-3)8-10-17-9-5-2/h4-10H2,1-3H3,(H,14,15). The van der Waals surface area contributed by atoms with Gasteiger partial charge in [-0.15, -0.1) is 0 Å². The van der Waals surface area contributed by atoms with Crippen molar-refractivity contribution in [2.24, 2.45) is 5.41 Å². The van der Waals surface area contributed by atoms with Crippen molar-refractivity contribution < 1.29 is 24.2 Å². The number of hydrogen-bond acceptors (Lipinski definition) is 4. The summed E-state index contributed by atoms with van der Waals surface area (Å²) in [5.41, 5.74) is -1.46. The molecule has 1 N–H and O–H groups in total. The van der Waals surface area contributed by atoms with E-state index in [9.17, 15) is 14.7 Å². The molecule has 0 aliphatic rings. The van der Waals surface area contributed by atoms with Crippen LogP contribution in [-0.2, 0) is 19.1 Å². The van der Waals surface area contributed by atoms with Crippen molar-refractivity contribution in [3.63, 3.8) is 0 Å². The van der Waals surface area contributed by atoms with Crippen LogP contribution in [0.1, 0.15) is 46.5 Å². The van der Waals surface area contributed by atoms with E-state index >= 15 is 0 Å². The highest BCUT2D eigenvalue weighted by molar-refractivity contribution is 5.99. The van der Waals surface area contributed by atoms with E-state index in [2.05, 4.69) is 0 Å². The number of hydrogen-bond donors (Lipinski definition) is 1. The molecule has 1 atom stereocenters. The number of carbonyl (C=O) groups is 2. The number of carbonyl (C=O) groups excluding carboxylic acids is 1. The molecule has 0 bridgehead atoms. The SMILES string of the molecule is CCCOCCC(CCC)(C(=O)O)C(=O)OCC. The van der Waals surface area contributed by atoms with Crippen molar-refractivity contribution in [1.82, 2.24) is 0 Å². The number of esters is 1. The lowest BCUT2D eigenvalue weighted by Crippen LogP contribution is -2.41. The van der Waals surface area contributed by atoms with E-state index in [1.807, 2.05) is 13.8 Å². The molecule has 0 aliphatic carbocycles. The minimum Gasteiger partial charge on any atom is -0.480 e. The molecule has 0 rings (SSSR count). The van der Waals surface area contributed by atoms with Crippen LogP contribution in [0.15, 0.2) is 0 Å². The Bertz CT molecular complexity index is 264. The van der Waals surface area contributed by atoms with Gasteiger partial charge in [0, 0.05) is 13.2 Å². The van der Waals surface area contributed by atoms with Crippen molar-refractivity contribution in [3.8, 4) is 0 Å². The second kappa shape index (κ2) is 8.91. The van der Waals surface area contributed by atoms with E-state index < -0.39 is 17.4 Å². The van der Waals surface area contributed by atoms with Gasteiger partial charge in [0.15, 0.2) is 5.41 Å². The highest BCUT2D eigenvalue weighted by Crippen LogP contribution is 2.30. The van der Waals surface area contributed by atoms with Crippen molar-refractivity contribution in [2.45, 2.75) is 46.5 Å². The Morgan fingerprint density at radius 1 is 1.06 bits per heavy atom. The molecule has 1 unspecified atom stereocenters. The van der Waals surface area contributed by atoms with Crippen LogP contribution < -0.4 is 0 Å². The van der Waals surface area contributed by atoms with Gasteiger partial charge < -0.3 is 14.6 Å². The second-order valence-corrected chi connectivity index (χ2v) is 4.22. The first-order valence-electron chi connectivity index (χ1n) is 6.53. The highest BCUT2D eigenvalue weighted by Gasteiger charge is 2.46. The van der Waals surface area contributed by atoms with Gasteiger partial charge in [-0.1, -0.05) is 20.3 Å². The molecule has 0 saturated carbocycles. The maximum Gasteiger partial charge on any atom is 0.323 e. The smallest absolute Gasteiger partial charge is 0.323 e. The Morgan fingerprint density at radius 2 is 1.72 bits per heavy atom. The largest absolute Gasteiger partial charge is 0.480 e. The summed E-state index contributed by atoms with van der Waals surface area (Å²) >= 11 is 0. The molecule has 0 heterocycles. The fraction of sp³-hybridized carbons (Fsp3) is 0.846. The fourth-order valence-corrected chi connectivity index (χ4v) is 1.82. The Balaban J connectivity index is 4.74. The molecule has 0 aromatic rings. The average Bonchev–Trinajstić information content (AvgIpc) is 2.33. The third-order valence-corrected chi connectivity index (χ3v) is 2.77. The minimum absolute atomic E-state index is 0.162. The molecule has 0 fully saturated rings. The summed E-state index contributed by atoms with van der Waals surface area (Å²) in [4.78, 5) is 23.3. The summed E-state index contributed by atoms with van der Waals surface area (Å²) in [6.07, 6.45) is 1.91. The van der Waals surface area contributed by atoms with Crippen LogP contribution in [0.2, 0.25) is 0 Å². The van der Waals surface area contributed by atoms with Crippen LogP contribution in [0.4, 0.5) is 0 Å². The fourth-order valence-electron chi connectivity index (χ4n) is 1.82. The molecule has 106 valence electrons. The van der Waals surface area contributed by atoms with Crippen molar-refractivity contribution in [1.29, 1.82) is 0 Å². The lowest BCUT2D eigenvalue weighted by molar-refractivity contribution is -0.171. The van der Waals surface area contributed by atoms with Crippen LogP contribution in [0, 0.1) is 5.41 Å². The molecule has 0 radical (unpaired) electrons. The Morgan fingerprint density at radius 3 is 2.17 bits per heavy atom. The van der Waals surface area contributed by atoms with Gasteiger partial charge in [-0.2, -0.15) is 0 Å². The van der Waals surface area contributed by atoms with Gasteiger partial charge in [-0.25, -0.2) is 0 Å². The summed E-state index contributed by atoms with van der Waals surface area (Å²) in [5, 5.41) is 9.35. The van der Waals surface area contributed by atoms with Crippen molar-refractivity contribution in [2.75, 3.05) is 19.8 Å². The molecular weight excluding hydrogens is 236 g/mol. The van der Waals surface area contributed by atoms with Gasteiger partial charge in [0.25, 0.3) is 0 Å². The summed E-state index contributed by atoms with van der Waals surface area (Å²) in [6.45, 7) is 6.52.